The van der Waals surface area contributed by atoms with Gasteiger partial charge in [-0.15, -0.1) is 0 Å². The van der Waals surface area contributed by atoms with Crippen LogP contribution in [0.5, 0.6) is 0 Å². The molecule has 0 amide bonds. The second-order valence-electron chi connectivity index (χ2n) is 5.48. The lowest BCUT2D eigenvalue weighted by molar-refractivity contribution is 0.203. The molecule has 0 saturated heterocycles. The second kappa shape index (κ2) is 8.28. The van der Waals surface area contributed by atoms with E-state index in [-0.39, 0.29) is 0 Å². The molecule has 108 valence electrons. The zero-order valence-corrected chi connectivity index (χ0v) is 13.1. The van der Waals surface area contributed by atoms with Crippen LogP contribution in [-0.4, -0.2) is 28.5 Å². The molecule has 0 spiro atoms. The van der Waals surface area contributed by atoms with Crippen molar-refractivity contribution in [2.75, 3.05) is 6.54 Å². The Kier molecular flexibility index (Phi) is 7.03. The van der Waals surface area contributed by atoms with Crippen molar-refractivity contribution in [3.05, 3.63) is 29.6 Å². The van der Waals surface area contributed by atoms with Gasteiger partial charge >= 0.3 is 0 Å². The number of hydrogen-bond acceptors (Lipinski definition) is 3. The molecule has 0 saturated carbocycles. The van der Waals surface area contributed by atoms with Crippen LogP contribution in [0.15, 0.2) is 18.2 Å². The predicted molar refractivity (Wildman–Crippen MR) is 82.0 cm³/mol. The van der Waals surface area contributed by atoms with Crippen molar-refractivity contribution in [1.82, 2.24) is 15.2 Å². The number of aromatic nitrogens is 1. The van der Waals surface area contributed by atoms with Gasteiger partial charge in [-0.1, -0.05) is 33.8 Å². The van der Waals surface area contributed by atoms with Crippen LogP contribution in [0.25, 0.3) is 0 Å². The second-order valence-corrected chi connectivity index (χ2v) is 5.48. The third-order valence-electron chi connectivity index (χ3n) is 3.54. The van der Waals surface area contributed by atoms with Gasteiger partial charge in [0.05, 0.1) is 11.4 Å². The standard InChI is InChI=1S/C16H29N3/c1-6-14(5)19(7-2)12-16-10-8-9-15(18-16)11-17-13(3)4/h8-10,13-14,17H,6-7,11-12H2,1-5H3. The van der Waals surface area contributed by atoms with Crippen LogP contribution in [0.1, 0.15) is 52.4 Å². The number of hydrogen-bond donors (Lipinski definition) is 1. The Morgan fingerprint density at radius 2 is 1.84 bits per heavy atom. The molecule has 1 aromatic heterocycles. The summed E-state index contributed by atoms with van der Waals surface area (Å²) in [5, 5.41) is 3.41. The lowest BCUT2D eigenvalue weighted by Gasteiger charge is -2.26. The van der Waals surface area contributed by atoms with Crippen LogP contribution < -0.4 is 5.32 Å². The SMILES string of the molecule is CCC(C)N(CC)Cc1cccc(CNC(C)C)n1. The average molecular weight is 263 g/mol. The number of nitrogens with zero attached hydrogens (tertiary/aromatic N) is 2. The highest BCUT2D eigenvalue weighted by Crippen LogP contribution is 2.09. The van der Waals surface area contributed by atoms with Crippen molar-refractivity contribution in [1.29, 1.82) is 0 Å². The van der Waals surface area contributed by atoms with Gasteiger partial charge in [-0.2, -0.15) is 0 Å². The van der Waals surface area contributed by atoms with Crippen molar-refractivity contribution in [3.63, 3.8) is 0 Å². The summed E-state index contributed by atoms with van der Waals surface area (Å²) in [7, 11) is 0. The Bertz CT molecular complexity index is 363. The summed E-state index contributed by atoms with van der Waals surface area (Å²) in [4.78, 5) is 7.22. The van der Waals surface area contributed by atoms with Gasteiger partial charge in [0, 0.05) is 25.2 Å². The van der Waals surface area contributed by atoms with E-state index in [0.29, 0.717) is 12.1 Å². The number of pyridine rings is 1. The molecule has 1 heterocycles. The summed E-state index contributed by atoms with van der Waals surface area (Å²) in [6.07, 6.45) is 1.18. The molecule has 1 rings (SSSR count). The maximum Gasteiger partial charge on any atom is 0.0547 e. The van der Waals surface area contributed by atoms with E-state index in [1.807, 2.05) is 0 Å². The topological polar surface area (TPSA) is 28.2 Å². The predicted octanol–water partition coefficient (Wildman–Crippen LogP) is 3.20. The maximum atomic E-state index is 4.74. The van der Waals surface area contributed by atoms with Gasteiger partial charge in [-0.3, -0.25) is 9.88 Å². The summed E-state index contributed by atoms with van der Waals surface area (Å²) >= 11 is 0. The molecule has 0 radical (unpaired) electrons. The van der Waals surface area contributed by atoms with E-state index in [4.69, 9.17) is 4.98 Å². The number of rotatable bonds is 8. The third-order valence-corrected chi connectivity index (χ3v) is 3.54. The van der Waals surface area contributed by atoms with E-state index in [0.717, 1.165) is 25.3 Å². The highest BCUT2D eigenvalue weighted by Gasteiger charge is 2.11. The van der Waals surface area contributed by atoms with E-state index in [1.54, 1.807) is 0 Å². The van der Waals surface area contributed by atoms with E-state index in [9.17, 15) is 0 Å². The molecule has 0 aliphatic heterocycles. The van der Waals surface area contributed by atoms with Gasteiger partial charge < -0.3 is 5.32 Å². The molecule has 3 nitrogen and oxygen atoms in total. The van der Waals surface area contributed by atoms with Crippen LogP contribution in [-0.2, 0) is 13.1 Å². The van der Waals surface area contributed by atoms with Gasteiger partial charge in [0.1, 0.15) is 0 Å². The van der Waals surface area contributed by atoms with Crippen molar-refractivity contribution in [2.45, 2.75) is 66.2 Å². The summed E-state index contributed by atoms with van der Waals surface area (Å²) in [5.74, 6) is 0. The Balaban J connectivity index is 2.65. The molecule has 19 heavy (non-hydrogen) atoms. The van der Waals surface area contributed by atoms with Gasteiger partial charge in [-0.05, 0) is 32.0 Å². The van der Waals surface area contributed by atoms with E-state index < -0.39 is 0 Å². The normalized spacial score (nSPS) is 13.2. The molecule has 1 unspecified atom stereocenters. The van der Waals surface area contributed by atoms with Crippen LogP contribution in [0.2, 0.25) is 0 Å². The quantitative estimate of drug-likeness (QED) is 0.780. The minimum atomic E-state index is 0.498. The lowest BCUT2D eigenvalue weighted by Crippen LogP contribution is -2.32. The largest absolute Gasteiger partial charge is 0.309 e. The van der Waals surface area contributed by atoms with Crippen LogP contribution >= 0.6 is 0 Å². The average Bonchev–Trinajstić information content (AvgIpc) is 2.42. The van der Waals surface area contributed by atoms with E-state index in [1.165, 1.54) is 12.1 Å². The molecule has 0 bridgehead atoms. The molecule has 3 heteroatoms. The minimum absolute atomic E-state index is 0.498. The minimum Gasteiger partial charge on any atom is -0.309 e. The zero-order chi connectivity index (χ0) is 14.3. The summed E-state index contributed by atoms with van der Waals surface area (Å²) in [6.45, 7) is 13.9. The summed E-state index contributed by atoms with van der Waals surface area (Å²) in [5.41, 5.74) is 2.30. The molecule has 0 aliphatic carbocycles. The lowest BCUT2D eigenvalue weighted by atomic mass is 10.2. The van der Waals surface area contributed by atoms with Crippen molar-refractivity contribution in [2.24, 2.45) is 0 Å². The highest BCUT2D eigenvalue weighted by molar-refractivity contribution is 5.11. The van der Waals surface area contributed by atoms with E-state index in [2.05, 4.69) is 63.0 Å². The van der Waals surface area contributed by atoms with Gasteiger partial charge in [0.2, 0.25) is 0 Å². The molecule has 0 fully saturated rings. The van der Waals surface area contributed by atoms with Crippen LogP contribution in [0.3, 0.4) is 0 Å². The molecular weight excluding hydrogens is 234 g/mol. The van der Waals surface area contributed by atoms with Crippen LogP contribution in [0.4, 0.5) is 0 Å². The van der Waals surface area contributed by atoms with Crippen LogP contribution in [0, 0.1) is 0 Å². The fourth-order valence-electron chi connectivity index (χ4n) is 2.07. The first-order chi connectivity index (χ1) is 9.06. The molecule has 0 aliphatic rings. The van der Waals surface area contributed by atoms with Gasteiger partial charge in [-0.25, -0.2) is 0 Å². The first-order valence-corrected chi connectivity index (χ1v) is 7.49. The molecule has 0 aromatic carbocycles. The Hall–Kier alpha value is -0.930. The van der Waals surface area contributed by atoms with Crippen molar-refractivity contribution < 1.29 is 0 Å². The number of nitrogens with one attached hydrogen (secondary N) is 1. The Morgan fingerprint density at radius 3 is 2.42 bits per heavy atom. The first-order valence-electron chi connectivity index (χ1n) is 7.49. The third kappa shape index (κ3) is 5.70. The molecule has 1 atom stereocenters. The smallest absolute Gasteiger partial charge is 0.0547 e. The molecular formula is C16H29N3. The van der Waals surface area contributed by atoms with Gasteiger partial charge in [0.25, 0.3) is 0 Å². The fraction of sp³-hybridized carbons (Fsp3) is 0.688. The van der Waals surface area contributed by atoms with E-state index >= 15 is 0 Å². The molecule has 1 aromatic rings. The Morgan fingerprint density at radius 1 is 1.16 bits per heavy atom. The summed E-state index contributed by atoms with van der Waals surface area (Å²) < 4.78 is 0. The fourth-order valence-corrected chi connectivity index (χ4v) is 2.07. The van der Waals surface area contributed by atoms with Gasteiger partial charge in [0.15, 0.2) is 0 Å². The van der Waals surface area contributed by atoms with Crippen molar-refractivity contribution >= 4 is 0 Å². The monoisotopic (exact) mass is 263 g/mol. The highest BCUT2D eigenvalue weighted by atomic mass is 15.1. The molecule has 1 N–H and O–H groups in total. The first kappa shape index (κ1) is 16.1. The van der Waals surface area contributed by atoms with Crippen molar-refractivity contribution in [3.8, 4) is 0 Å². The maximum absolute atomic E-state index is 4.74. The summed E-state index contributed by atoms with van der Waals surface area (Å²) in [6, 6.07) is 7.45. The zero-order valence-electron chi connectivity index (χ0n) is 13.1. The Labute approximate surface area is 118 Å².